The highest BCUT2D eigenvalue weighted by Crippen LogP contribution is 2.26. The monoisotopic (exact) mass is 1050 g/mol. The number of fused-ring (bicyclic) bond motifs is 2. The number of rotatable bonds is 17. The van der Waals surface area contributed by atoms with Crippen LogP contribution in [0.15, 0.2) is 66.4 Å². The predicted molar refractivity (Wildman–Crippen MR) is 274 cm³/mol. The van der Waals surface area contributed by atoms with Gasteiger partial charge in [0.15, 0.2) is 0 Å². The first kappa shape index (κ1) is 59.9. The largest absolute Gasteiger partial charge is 0.508 e. The Morgan fingerprint density at radius 2 is 1.50 bits per heavy atom. The van der Waals surface area contributed by atoms with Gasteiger partial charge in [0.1, 0.15) is 66.1 Å². The van der Waals surface area contributed by atoms with Gasteiger partial charge < -0.3 is 56.7 Å². The SMILES string of the molecule is CC=C1NC(=O)[C@@H](NC(=O)[C@H](CC[S@@](C)=O)NC(=O)[C@@H](NC(=O)CCC)[C@@H](C)CC)[C@@H](C)OC(=O)[C@H](C(C)C)NC(=O)[C@H](Cc2ccc(O)cc2)N(C)C(=O)[C@H](Cc2ccccc2)N2C(=O)[C@H](CC[C@H]2O)NC1=O. The fourth-order valence-electron chi connectivity index (χ4n) is 8.61. The molecule has 4 rings (SSSR count). The maximum absolute atomic E-state index is 15.0. The van der Waals surface area contributed by atoms with E-state index in [1.54, 1.807) is 70.2 Å². The third kappa shape index (κ3) is 16.4. The second kappa shape index (κ2) is 28.1. The highest BCUT2D eigenvalue weighted by Gasteiger charge is 2.45. The van der Waals surface area contributed by atoms with Crippen molar-refractivity contribution in [3.05, 3.63) is 77.5 Å². The van der Waals surface area contributed by atoms with E-state index >= 15 is 4.79 Å². The summed E-state index contributed by atoms with van der Waals surface area (Å²) in [6, 6.07) is 4.58. The van der Waals surface area contributed by atoms with Crippen LogP contribution in [0.25, 0.3) is 0 Å². The number of nitrogens with one attached hydrogen (secondary N) is 6. The number of hydrogen-bond acceptors (Lipinski definition) is 13. The molecule has 21 nitrogen and oxygen atoms in total. The number of phenolic OH excluding ortho intramolecular Hbond substituents is 1. The number of carbonyl (C=O) groups excluding carboxylic acids is 9. The zero-order valence-corrected chi connectivity index (χ0v) is 44.5. The number of allylic oxidation sites excluding steroid dienone is 1. The molecule has 2 heterocycles. The van der Waals surface area contributed by atoms with Gasteiger partial charge in [-0.25, -0.2) is 4.79 Å². The summed E-state index contributed by atoms with van der Waals surface area (Å²) in [5.74, 6) is -8.85. The smallest absolute Gasteiger partial charge is 0.329 e. The minimum Gasteiger partial charge on any atom is -0.508 e. The summed E-state index contributed by atoms with van der Waals surface area (Å²) in [4.78, 5) is 130. The number of hydrogen-bond donors (Lipinski definition) is 8. The van der Waals surface area contributed by atoms with E-state index in [4.69, 9.17) is 4.74 Å². The van der Waals surface area contributed by atoms with E-state index in [1.165, 1.54) is 45.4 Å². The van der Waals surface area contributed by atoms with Crippen LogP contribution in [0.1, 0.15) is 98.1 Å². The Bertz CT molecular complexity index is 2390. The molecule has 2 aromatic carbocycles. The summed E-state index contributed by atoms with van der Waals surface area (Å²) in [7, 11) is -0.117. The molecule has 2 saturated heterocycles. The average Bonchev–Trinajstić information content (AvgIpc) is 3.36. The first-order chi connectivity index (χ1) is 35.0. The average molecular weight is 1050 g/mol. The molecule has 8 amide bonds. The van der Waals surface area contributed by atoms with Crippen molar-refractivity contribution in [2.75, 3.05) is 19.1 Å². The number of aromatic hydroxyl groups is 1. The molecule has 0 saturated carbocycles. The van der Waals surface area contributed by atoms with Crippen molar-refractivity contribution in [3.8, 4) is 5.75 Å². The summed E-state index contributed by atoms with van der Waals surface area (Å²) < 4.78 is 18.3. The molecule has 74 heavy (non-hydrogen) atoms. The van der Waals surface area contributed by atoms with Crippen LogP contribution in [0.5, 0.6) is 5.75 Å². The first-order valence-corrected chi connectivity index (χ1v) is 26.8. The Hall–Kier alpha value is -6.68. The topological polar surface area (TPSA) is 299 Å². The van der Waals surface area contributed by atoms with Crippen LogP contribution in [-0.4, -0.2) is 151 Å². The van der Waals surface area contributed by atoms with Gasteiger partial charge in [-0.2, -0.15) is 0 Å². The maximum Gasteiger partial charge on any atom is 0.329 e. The first-order valence-electron chi connectivity index (χ1n) is 25.1. The van der Waals surface area contributed by atoms with Crippen molar-refractivity contribution in [3.63, 3.8) is 0 Å². The van der Waals surface area contributed by atoms with E-state index in [0.29, 0.717) is 24.0 Å². The fraction of sp³-hybridized carbons (Fsp3) is 0.558. The van der Waals surface area contributed by atoms with Crippen molar-refractivity contribution in [1.82, 2.24) is 41.7 Å². The molecule has 0 aliphatic carbocycles. The second-order valence-electron chi connectivity index (χ2n) is 19.2. The molecule has 11 atom stereocenters. The van der Waals surface area contributed by atoms with Crippen LogP contribution in [0.2, 0.25) is 0 Å². The minimum absolute atomic E-state index is 0.0625. The number of aliphatic hydroxyl groups excluding tert-OH is 1. The number of aliphatic hydroxyl groups is 1. The summed E-state index contributed by atoms with van der Waals surface area (Å²) in [5, 5.41) is 37.3. The van der Waals surface area contributed by atoms with Gasteiger partial charge in [-0.15, -0.1) is 0 Å². The number of piperidine rings is 1. The van der Waals surface area contributed by atoms with Gasteiger partial charge in [-0.05, 0) is 74.6 Å². The molecule has 22 heteroatoms. The maximum atomic E-state index is 15.0. The zero-order valence-electron chi connectivity index (χ0n) is 43.7. The third-order valence-corrected chi connectivity index (χ3v) is 14.1. The number of ether oxygens (including phenoxy) is 1. The number of nitrogens with zero attached hydrogens (tertiary/aromatic N) is 2. The summed E-state index contributed by atoms with van der Waals surface area (Å²) >= 11 is 0. The van der Waals surface area contributed by atoms with Crippen LogP contribution in [0.3, 0.4) is 0 Å². The van der Waals surface area contributed by atoms with E-state index in [9.17, 15) is 52.8 Å². The number of amides is 8. The van der Waals surface area contributed by atoms with E-state index in [2.05, 4.69) is 31.9 Å². The second-order valence-corrected chi connectivity index (χ2v) is 20.8. The fourth-order valence-corrected chi connectivity index (χ4v) is 9.18. The molecule has 0 spiro atoms. The van der Waals surface area contributed by atoms with Gasteiger partial charge >= 0.3 is 5.97 Å². The number of benzene rings is 2. The van der Waals surface area contributed by atoms with Crippen LogP contribution >= 0.6 is 0 Å². The normalized spacial score (nSPS) is 24.7. The molecule has 0 aromatic heterocycles. The zero-order chi connectivity index (χ0) is 55.0. The lowest BCUT2D eigenvalue weighted by atomic mass is 9.95. The quantitative estimate of drug-likeness (QED) is 0.0811. The Kier molecular flexibility index (Phi) is 22.8. The molecule has 2 bridgehead atoms. The Morgan fingerprint density at radius 3 is 2.09 bits per heavy atom. The standard InChI is InChI=1S/C52H74N8O13S/c1-10-16-40(62)56-43(30(6)11-2)48(67)54-36(25-26-74(9)72)46(65)58-44-31(7)73-52(71)42(29(4)5)57-47(66)38(27-33-19-21-34(61)22-20-33)59(8)51(70)39(28-32-17-14-13-15-18-32)60-41(63)24-23-37(50(60)69)55-45(64)35(12-3)53-49(44)68/h12-15,17-22,29-31,36-39,41-44,61,63H,10-11,16,23-28H2,1-9H3,(H,53,68)(H,54,67)(H,55,64)(H,56,62)(H,57,66)(H,58,65)/t30-,31+,36-,37-,38-,39-,41+,42-,43-,44-,74+/m0/s1. The van der Waals surface area contributed by atoms with Crippen molar-refractivity contribution in [1.29, 1.82) is 0 Å². The van der Waals surface area contributed by atoms with Crippen LogP contribution in [-0.2, 0) is 71.5 Å². The van der Waals surface area contributed by atoms with Gasteiger partial charge in [0.2, 0.25) is 35.4 Å². The molecular weight excluding hydrogens is 977 g/mol. The number of carbonyl (C=O) groups is 9. The summed E-state index contributed by atoms with van der Waals surface area (Å²) in [5.41, 5.74) is 0.693. The number of likely N-dealkylation sites (N-methyl/N-ethyl adjacent to an activating group) is 1. The van der Waals surface area contributed by atoms with E-state index in [-0.39, 0.29) is 61.9 Å². The van der Waals surface area contributed by atoms with Gasteiger partial charge in [0, 0.05) is 49.1 Å². The number of phenols is 1. The minimum atomic E-state index is -1.83. The van der Waals surface area contributed by atoms with Gasteiger partial charge in [-0.3, -0.25) is 42.6 Å². The molecule has 0 unspecified atom stereocenters. The van der Waals surface area contributed by atoms with Crippen molar-refractivity contribution >= 4 is 64.0 Å². The molecule has 406 valence electrons. The van der Waals surface area contributed by atoms with E-state index < -0.39 is 124 Å². The molecule has 0 radical (unpaired) electrons. The highest BCUT2D eigenvalue weighted by atomic mass is 32.2. The Labute approximate surface area is 435 Å². The van der Waals surface area contributed by atoms with E-state index in [0.717, 1.165) is 9.80 Å². The molecule has 2 fully saturated rings. The Morgan fingerprint density at radius 1 is 0.865 bits per heavy atom. The van der Waals surface area contributed by atoms with Crippen LogP contribution in [0.4, 0.5) is 0 Å². The van der Waals surface area contributed by atoms with Crippen molar-refractivity contribution in [2.24, 2.45) is 11.8 Å². The van der Waals surface area contributed by atoms with Crippen molar-refractivity contribution in [2.45, 2.75) is 154 Å². The van der Waals surface area contributed by atoms with Crippen molar-refractivity contribution < 1.29 is 62.3 Å². The molecular formula is C52H74N8O13S. The molecule has 2 aliphatic rings. The number of cyclic esters (lactones) is 1. The molecule has 2 aromatic rings. The lowest BCUT2D eigenvalue weighted by Gasteiger charge is -2.43. The third-order valence-electron chi connectivity index (χ3n) is 13.2. The van der Waals surface area contributed by atoms with Crippen LogP contribution in [0, 0.1) is 11.8 Å². The summed E-state index contributed by atoms with van der Waals surface area (Å²) in [6.07, 6.45) is -0.000657. The van der Waals surface area contributed by atoms with Gasteiger partial charge in [-0.1, -0.05) is 89.6 Å². The predicted octanol–water partition coefficient (Wildman–Crippen LogP) is 0.974. The lowest BCUT2D eigenvalue weighted by molar-refractivity contribution is -0.165. The molecule has 8 N–H and O–H groups in total. The van der Waals surface area contributed by atoms with E-state index in [1.807, 2.05) is 6.92 Å². The lowest BCUT2D eigenvalue weighted by Crippen LogP contribution is -2.64. The molecule has 2 aliphatic heterocycles. The summed E-state index contributed by atoms with van der Waals surface area (Å²) in [6.45, 7) is 11.3. The van der Waals surface area contributed by atoms with Gasteiger partial charge in [0.25, 0.3) is 11.8 Å². The number of esters is 1. The highest BCUT2D eigenvalue weighted by molar-refractivity contribution is 7.84. The Balaban J connectivity index is 1.84. The van der Waals surface area contributed by atoms with Crippen LogP contribution < -0.4 is 31.9 Å². The van der Waals surface area contributed by atoms with Gasteiger partial charge in [0.05, 0.1) is 0 Å².